The van der Waals surface area contributed by atoms with E-state index in [0.717, 1.165) is 30.4 Å². The van der Waals surface area contributed by atoms with Gasteiger partial charge in [-0.25, -0.2) is 9.37 Å². The fourth-order valence-corrected chi connectivity index (χ4v) is 5.11. The molecule has 4 heterocycles. The molecule has 3 fully saturated rings. The predicted octanol–water partition coefficient (Wildman–Crippen LogP) is 3.71. The maximum absolute atomic E-state index is 14.9. The Labute approximate surface area is 186 Å². The Morgan fingerprint density at radius 1 is 1.09 bits per heavy atom. The summed E-state index contributed by atoms with van der Waals surface area (Å²) in [6.45, 7) is 0. The number of phenols is 1. The van der Waals surface area contributed by atoms with E-state index in [1.54, 1.807) is 18.5 Å². The average molecular weight is 435 g/mol. The van der Waals surface area contributed by atoms with Crippen molar-refractivity contribution in [2.45, 2.75) is 62.4 Å². The number of benzene rings is 1. The predicted molar refractivity (Wildman–Crippen MR) is 120 cm³/mol. The number of hydrogen-bond donors (Lipinski definition) is 2. The SMILES string of the molecule is CN(c1cnc(-c2ccc(-c3cnn(C4CC4)c3)cc2O)cn1)[C@H]1CC2CCC(N2)[C@H]1F. The van der Waals surface area contributed by atoms with Crippen LogP contribution in [-0.4, -0.2) is 56.2 Å². The van der Waals surface area contributed by atoms with Gasteiger partial charge < -0.3 is 15.3 Å². The van der Waals surface area contributed by atoms with Crippen LogP contribution in [0.25, 0.3) is 22.4 Å². The molecule has 2 N–H and O–H groups in total. The number of phenolic OH excluding ortho intramolecular Hbond substituents is 1. The maximum atomic E-state index is 14.9. The minimum atomic E-state index is -0.916. The molecule has 1 aliphatic carbocycles. The second-order valence-corrected chi connectivity index (χ2v) is 9.34. The number of aromatic hydroxyl groups is 1. The Hall–Kier alpha value is -3.00. The summed E-state index contributed by atoms with van der Waals surface area (Å²) in [5.41, 5.74) is 3.10. The van der Waals surface area contributed by atoms with Gasteiger partial charge in [0, 0.05) is 36.5 Å². The first-order valence-electron chi connectivity index (χ1n) is 11.4. The number of nitrogens with zero attached hydrogens (tertiary/aromatic N) is 5. The molecule has 6 rings (SSSR count). The molecule has 0 spiro atoms. The van der Waals surface area contributed by atoms with Crippen molar-refractivity contribution < 1.29 is 9.50 Å². The topological polar surface area (TPSA) is 79.1 Å². The number of piperidine rings is 1. The summed E-state index contributed by atoms with van der Waals surface area (Å²) in [6, 6.07) is 6.22. The van der Waals surface area contributed by atoms with Gasteiger partial charge in [0.05, 0.1) is 36.4 Å². The smallest absolute Gasteiger partial charge is 0.147 e. The lowest BCUT2D eigenvalue weighted by atomic mass is 9.96. The minimum absolute atomic E-state index is 0.0553. The van der Waals surface area contributed by atoms with Gasteiger partial charge in [0.15, 0.2) is 0 Å². The summed E-state index contributed by atoms with van der Waals surface area (Å²) in [7, 11) is 1.89. The van der Waals surface area contributed by atoms with Gasteiger partial charge in [-0.2, -0.15) is 5.10 Å². The van der Waals surface area contributed by atoms with Gasteiger partial charge in [-0.3, -0.25) is 9.67 Å². The summed E-state index contributed by atoms with van der Waals surface area (Å²) in [5, 5.41) is 18.4. The van der Waals surface area contributed by atoms with Gasteiger partial charge in [-0.05, 0) is 49.8 Å². The van der Waals surface area contributed by atoms with Crippen molar-refractivity contribution in [3.8, 4) is 28.1 Å². The molecule has 7 nitrogen and oxygen atoms in total. The first-order valence-corrected chi connectivity index (χ1v) is 11.4. The molecule has 2 unspecified atom stereocenters. The summed E-state index contributed by atoms with van der Waals surface area (Å²) in [4.78, 5) is 11.0. The van der Waals surface area contributed by atoms with Crippen molar-refractivity contribution in [1.82, 2.24) is 25.1 Å². The highest BCUT2D eigenvalue weighted by molar-refractivity contribution is 5.73. The Morgan fingerprint density at radius 2 is 1.97 bits per heavy atom. The van der Waals surface area contributed by atoms with Gasteiger partial charge in [-0.15, -0.1) is 0 Å². The molecule has 8 heteroatoms. The molecule has 3 aromatic rings. The van der Waals surface area contributed by atoms with Crippen molar-refractivity contribution in [1.29, 1.82) is 0 Å². The minimum Gasteiger partial charge on any atom is -0.507 e. The lowest BCUT2D eigenvalue weighted by Crippen LogP contribution is -2.55. The van der Waals surface area contributed by atoms with E-state index in [2.05, 4.69) is 20.4 Å². The lowest BCUT2D eigenvalue weighted by Gasteiger charge is -2.38. The molecule has 2 saturated heterocycles. The Bertz CT molecular complexity index is 1130. The zero-order valence-electron chi connectivity index (χ0n) is 18.0. The van der Waals surface area contributed by atoms with Crippen LogP contribution in [0.5, 0.6) is 5.75 Å². The van der Waals surface area contributed by atoms with Crippen LogP contribution in [0.1, 0.15) is 38.1 Å². The van der Waals surface area contributed by atoms with Crippen LogP contribution in [0, 0.1) is 0 Å². The molecule has 32 heavy (non-hydrogen) atoms. The van der Waals surface area contributed by atoms with Gasteiger partial charge in [0.1, 0.15) is 17.7 Å². The molecule has 0 radical (unpaired) electrons. The van der Waals surface area contributed by atoms with Crippen molar-refractivity contribution in [3.05, 3.63) is 43.0 Å². The van der Waals surface area contributed by atoms with Crippen LogP contribution in [-0.2, 0) is 0 Å². The van der Waals surface area contributed by atoms with Crippen molar-refractivity contribution in [2.75, 3.05) is 11.9 Å². The van der Waals surface area contributed by atoms with Gasteiger partial charge >= 0.3 is 0 Å². The standard InChI is InChI=1S/C24H27FN6O/c1-30(21-9-16-3-7-19(29-16)24(21)25)23-12-26-20(11-27-23)18-6-2-14(8-22(18)32)15-10-28-31(13-15)17-4-5-17/h2,6,8,10-13,16-17,19,21,24,29,32H,3-5,7,9H2,1H3/t16?,19?,21-,24+/m0/s1. The third kappa shape index (κ3) is 3.43. The second kappa shape index (κ2) is 7.55. The number of hydrogen-bond acceptors (Lipinski definition) is 6. The van der Waals surface area contributed by atoms with E-state index in [1.807, 2.05) is 41.2 Å². The van der Waals surface area contributed by atoms with E-state index in [1.165, 1.54) is 12.8 Å². The normalized spacial score (nSPS) is 26.9. The van der Waals surface area contributed by atoms with Gasteiger partial charge in [0.25, 0.3) is 0 Å². The first-order chi connectivity index (χ1) is 15.6. The average Bonchev–Trinajstić information content (AvgIpc) is 3.40. The highest BCUT2D eigenvalue weighted by atomic mass is 19.1. The van der Waals surface area contributed by atoms with Crippen LogP contribution in [0.2, 0.25) is 0 Å². The Balaban J connectivity index is 1.20. The molecule has 1 aromatic carbocycles. The first kappa shape index (κ1) is 19.7. The molecule has 2 aromatic heterocycles. The molecular weight excluding hydrogens is 407 g/mol. The zero-order chi connectivity index (χ0) is 21.8. The van der Waals surface area contributed by atoms with Crippen molar-refractivity contribution in [3.63, 3.8) is 0 Å². The van der Waals surface area contributed by atoms with E-state index in [0.29, 0.717) is 29.2 Å². The number of aromatic nitrogens is 4. The number of alkyl halides is 1. The van der Waals surface area contributed by atoms with Crippen LogP contribution < -0.4 is 10.2 Å². The molecule has 166 valence electrons. The number of fused-ring (bicyclic) bond motifs is 2. The summed E-state index contributed by atoms with van der Waals surface area (Å²) in [5.74, 6) is 0.794. The summed E-state index contributed by atoms with van der Waals surface area (Å²) in [6.07, 6.45) is 11.3. The third-order valence-corrected chi connectivity index (χ3v) is 7.18. The molecule has 1 saturated carbocycles. The molecule has 2 aliphatic heterocycles. The van der Waals surface area contributed by atoms with E-state index >= 15 is 0 Å². The van der Waals surface area contributed by atoms with E-state index < -0.39 is 6.17 Å². The Morgan fingerprint density at radius 3 is 2.72 bits per heavy atom. The largest absolute Gasteiger partial charge is 0.507 e. The highest BCUT2D eigenvalue weighted by Gasteiger charge is 2.43. The molecule has 2 bridgehead atoms. The number of halogens is 1. The van der Waals surface area contributed by atoms with E-state index in [-0.39, 0.29) is 17.8 Å². The third-order valence-electron chi connectivity index (χ3n) is 7.18. The molecule has 3 aliphatic rings. The van der Waals surface area contributed by atoms with Crippen LogP contribution in [0.4, 0.5) is 10.2 Å². The van der Waals surface area contributed by atoms with Crippen molar-refractivity contribution >= 4 is 5.82 Å². The van der Waals surface area contributed by atoms with Gasteiger partial charge in [0.2, 0.25) is 0 Å². The van der Waals surface area contributed by atoms with Crippen molar-refractivity contribution in [2.24, 2.45) is 0 Å². The fourth-order valence-electron chi connectivity index (χ4n) is 5.11. The lowest BCUT2D eigenvalue weighted by molar-refractivity contribution is 0.176. The summed E-state index contributed by atoms with van der Waals surface area (Å²) < 4.78 is 16.9. The molecular formula is C24H27FN6O. The molecule has 4 atom stereocenters. The number of nitrogens with one attached hydrogen (secondary N) is 1. The van der Waals surface area contributed by atoms with E-state index in [9.17, 15) is 9.50 Å². The second-order valence-electron chi connectivity index (χ2n) is 9.34. The maximum Gasteiger partial charge on any atom is 0.147 e. The van der Waals surface area contributed by atoms with Gasteiger partial charge in [-0.1, -0.05) is 6.07 Å². The monoisotopic (exact) mass is 434 g/mol. The summed E-state index contributed by atoms with van der Waals surface area (Å²) >= 11 is 0. The molecule has 0 amide bonds. The van der Waals surface area contributed by atoms with Crippen LogP contribution in [0.15, 0.2) is 43.0 Å². The van der Waals surface area contributed by atoms with Crippen LogP contribution in [0.3, 0.4) is 0 Å². The highest BCUT2D eigenvalue weighted by Crippen LogP contribution is 2.37. The fraction of sp³-hybridized carbons (Fsp3) is 0.458. The Kier molecular flexibility index (Phi) is 4.64. The van der Waals surface area contributed by atoms with Crippen LogP contribution >= 0.6 is 0 Å². The van der Waals surface area contributed by atoms with E-state index in [4.69, 9.17) is 0 Å². The number of rotatable bonds is 5. The quantitative estimate of drug-likeness (QED) is 0.637. The zero-order valence-corrected chi connectivity index (χ0v) is 18.0. The number of anilines is 1.